The van der Waals surface area contributed by atoms with E-state index in [2.05, 4.69) is 48.0 Å². The van der Waals surface area contributed by atoms with Gasteiger partial charge in [0.2, 0.25) is 0 Å². The third-order valence-corrected chi connectivity index (χ3v) is 3.68. The molecular weight excluding hydrogens is 258 g/mol. The normalized spacial score (nSPS) is 10.4. The fraction of sp³-hybridized carbons (Fsp3) is 0.167. The lowest BCUT2D eigenvalue weighted by Gasteiger charge is -1.99. The van der Waals surface area contributed by atoms with Crippen LogP contribution in [0.2, 0.25) is 0 Å². The van der Waals surface area contributed by atoms with Crippen LogP contribution in [0.1, 0.15) is 11.1 Å². The smallest absolute Gasteiger partial charge is 0.357 e. The second kappa shape index (κ2) is 5.39. The highest BCUT2D eigenvalue weighted by Gasteiger charge is 2.15. The lowest BCUT2D eigenvalue weighted by molar-refractivity contribution is -0.132. The Balaban J connectivity index is 2.17. The number of fused-ring (bicyclic) bond motifs is 1. The Labute approximate surface area is 124 Å². The van der Waals surface area contributed by atoms with Gasteiger partial charge in [0.25, 0.3) is 0 Å². The van der Waals surface area contributed by atoms with Crippen molar-refractivity contribution in [1.29, 1.82) is 0 Å². The van der Waals surface area contributed by atoms with Crippen LogP contribution in [0.5, 0.6) is 0 Å². The van der Waals surface area contributed by atoms with E-state index in [1.807, 2.05) is 42.2 Å². The van der Waals surface area contributed by atoms with E-state index in [1.165, 1.54) is 22.3 Å². The summed E-state index contributed by atoms with van der Waals surface area (Å²) in [6.07, 6.45) is 3.93. The van der Waals surface area contributed by atoms with Crippen molar-refractivity contribution >= 4 is 5.69 Å². The molecule has 0 saturated carbocycles. The predicted octanol–water partition coefficient (Wildman–Crippen LogP) is 3.64. The zero-order valence-corrected chi connectivity index (χ0v) is 12.5. The number of hydrogen-bond acceptors (Lipinski definition) is 1. The molecule has 0 amide bonds. The van der Waals surface area contributed by atoms with Crippen molar-refractivity contribution in [3.8, 4) is 11.1 Å². The molecule has 0 aliphatic heterocycles. The van der Waals surface area contributed by atoms with E-state index >= 15 is 0 Å². The average Bonchev–Trinajstić information content (AvgIpc) is 2.84. The molecule has 0 N–H and O–H groups in total. The molecule has 1 aromatic heterocycles. The summed E-state index contributed by atoms with van der Waals surface area (Å²) >= 11 is 0. The molecule has 0 fully saturated rings. The molecule has 0 atom stereocenters. The van der Waals surface area contributed by atoms with Gasteiger partial charge >= 0.3 is 5.36 Å². The summed E-state index contributed by atoms with van der Waals surface area (Å²) in [4.78, 5) is 4.34. The second-order valence-corrected chi connectivity index (χ2v) is 5.32. The van der Waals surface area contributed by atoms with Crippen LogP contribution in [0.25, 0.3) is 11.1 Å². The highest BCUT2D eigenvalue weighted by molar-refractivity contribution is 5.83. The maximum atomic E-state index is 4.44. The molecule has 2 aliphatic carbocycles. The van der Waals surface area contributed by atoms with E-state index in [0.717, 1.165) is 11.0 Å². The Morgan fingerprint density at radius 2 is 1.62 bits per heavy atom. The van der Waals surface area contributed by atoms with Gasteiger partial charge in [-0.3, -0.25) is 0 Å². The number of aromatic nitrogens is 1. The Kier molecular flexibility index (Phi) is 3.43. The van der Waals surface area contributed by atoms with Gasteiger partial charge in [0.15, 0.2) is 5.69 Å². The van der Waals surface area contributed by atoms with Gasteiger partial charge in [0, 0.05) is 37.1 Å². The van der Waals surface area contributed by atoms with Crippen molar-refractivity contribution in [1.82, 2.24) is 4.57 Å². The van der Waals surface area contributed by atoms with Crippen molar-refractivity contribution in [2.45, 2.75) is 13.8 Å². The van der Waals surface area contributed by atoms with Gasteiger partial charge in [0.05, 0.1) is 4.79 Å². The van der Waals surface area contributed by atoms with Gasteiger partial charge in [-0.1, -0.05) is 24.3 Å². The van der Waals surface area contributed by atoms with E-state index in [1.54, 1.807) is 0 Å². The molecule has 1 aromatic rings. The first-order valence-corrected chi connectivity index (χ1v) is 7.01. The molecule has 104 valence electrons. The van der Waals surface area contributed by atoms with Crippen LogP contribution in [0.3, 0.4) is 0 Å². The van der Waals surface area contributed by atoms with Crippen molar-refractivity contribution < 1.29 is 4.79 Å². The summed E-state index contributed by atoms with van der Waals surface area (Å²) in [7, 11) is 1.98. The molecular formula is C18H18N3+. The quantitative estimate of drug-likeness (QED) is 0.480. The fourth-order valence-electron chi connectivity index (χ4n) is 2.47. The lowest BCUT2D eigenvalue weighted by Crippen LogP contribution is -2.03. The van der Waals surface area contributed by atoms with Crippen LogP contribution < -0.4 is 5.36 Å². The van der Waals surface area contributed by atoms with Crippen LogP contribution in [0.15, 0.2) is 60.0 Å². The first kappa shape index (κ1) is 13.3. The number of hydrogen-bond donors (Lipinski definition) is 0. The van der Waals surface area contributed by atoms with Crippen molar-refractivity contribution in [3.05, 3.63) is 71.3 Å². The first-order chi connectivity index (χ1) is 10.1. The van der Waals surface area contributed by atoms with E-state index < -0.39 is 0 Å². The highest BCUT2D eigenvalue weighted by Crippen LogP contribution is 2.37. The summed E-state index contributed by atoms with van der Waals surface area (Å²) in [6.45, 7) is 4.24. The average molecular weight is 276 g/mol. The van der Waals surface area contributed by atoms with Gasteiger partial charge in [-0.2, -0.15) is 0 Å². The highest BCUT2D eigenvalue weighted by atomic mass is 15.0. The number of pyridine rings is 1. The number of rotatable bonds is 1. The van der Waals surface area contributed by atoms with Crippen LogP contribution >= 0.6 is 0 Å². The van der Waals surface area contributed by atoms with Crippen molar-refractivity contribution in [3.63, 3.8) is 0 Å². The molecule has 0 unspecified atom stereocenters. The van der Waals surface area contributed by atoms with Crippen LogP contribution in [0.4, 0.5) is 5.69 Å². The molecule has 3 rings (SSSR count). The molecule has 0 spiro atoms. The van der Waals surface area contributed by atoms with Gasteiger partial charge in [-0.15, -0.1) is 0 Å². The first-order valence-electron chi connectivity index (χ1n) is 7.01. The topological polar surface area (TPSA) is 31.4 Å². The minimum absolute atomic E-state index is 0.858. The van der Waals surface area contributed by atoms with E-state index in [-0.39, 0.29) is 0 Å². The molecule has 0 radical (unpaired) electrons. The third kappa shape index (κ3) is 2.64. The van der Waals surface area contributed by atoms with Gasteiger partial charge in [0.1, 0.15) is 5.11 Å². The minimum Gasteiger partial charge on any atom is -0.357 e. The van der Waals surface area contributed by atoms with Gasteiger partial charge in [-0.25, -0.2) is 0 Å². The summed E-state index contributed by atoms with van der Waals surface area (Å²) in [5, 5.41) is 5.30. The van der Waals surface area contributed by atoms with Gasteiger partial charge < -0.3 is 4.57 Å². The molecule has 3 heteroatoms. The zero-order valence-electron chi connectivity index (χ0n) is 12.5. The number of nitrogens with zero attached hydrogens (tertiary/aromatic N) is 3. The van der Waals surface area contributed by atoms with E-state index in [9.17, 15) is 0 Å². The summed E-state index contributed by atoms with van der Waals surface area (Å²) in [5.74, 6) is 0. The molecule has 0 aromatic carbocycles. The van der Waals surface area contributed by atoms with Crippen molar-refractivity contribution in [2.75, 3.05) is 0 Å². The van der Waals surface area contributed by atoms with E-state index in [4.69, 9.17) is 0 Å². The molecule has 2 aliphatic rings. The Morgan fingerprint density at radius 1 is 0.905 bits per heavy atom. The van der Waals surface area contributed by atoms with Crippen molar-refractivity contribution in [2.24, 2.45) is 12.2 Å². The molecule has 0 saturated heterocycles. The summed E-state index contributed by atoms with van der Waals surface area (Å²) in [5.41, 5.74) is 5.83. The summed E-state index contributed by atoms with van der Waals surface area (Å²) < 4.78 is 1.98. The maximum Gasteiger partial charge on any atom is 0.368 e. The van der Waals surface area contributed by atoms with Crippen LogP contribution in [-0.2, 0) is 7.05 Å². The summed E-state index contributed by atoms with van der Waals surface area (Å²) in [6, 6.07) is 14.4. The number of aryl methyl sites for hydroxylation is 3. The molecule has 0 bridgehead atoms. The van der Waals surface area contributed by atoms with Crippen LogP contribution in [-0.4, -0.2) is 9.36 Å². The Hall–Kier alpha value is -2.64. The van der Waals surface area contributed by atoms with E-state index in [0.29, 0.717) is 0 Å². The molecule has 21 heavy (non-hydrogen) atoms. The minimum atomic E-state index is 0.858. The molecule has 1 heterocycles. The monoisotopic (exact) mass is 276 g/mol. The Morgan fingerprint density at radius 3 is 2.38 bits per heavy atom. The fourth-order valence-corrected chi connectivity index (χ4v) is 2.47. The van der Waals surface area contributed by atoms with Gasteiger partial charge in [-0.05, 0) is 36.6 Å². The largest absolute Gasteiger partial charge is 0.368 e. The Bertz CT molecular complexity index is 848. The SMILES string of the molecule is Cc1cccc(C)c2c(N=[N+]=c3ccn(C)cc3)ccc1-2. The van der Waals surface area contributed by atoms with Crippen LogP contribution in [0, 0.1) is 13.8 Å². The standard InChI is InChI=1S/C18H18N3/c1-13-5-4-6-14(2)18-16(13)7-8-17(18)20-19-15-9-11-21(3)12-10-15/h4-12H,1-3H3/q+1. The zero-order chi connectivity index (χ0) is 14.8. The predicted molar refractivity (Wildman–Crippen MR) is 83.4 cm³/mol. The third-order valence-electron chi connectivity index (χ3n) is 3.68. The lowest BCUT2D eigenvalue weighted by atomic mass is 10.0. The molecule has 3 nitrogen and oxygen atoms in total. The maximum absolute atomic E-state index is 4.44. The second-order valence-electron chi connectivity index (χ2n) is 5.32.